The van der Waals surface area contributed by atoms with Crippen LogP contribution in [0, 0.1) is 0 Å². The van der Waals surface area contributed by atoms with Crippen LogP contribution >= 0.6 is 0 Å². The summed E-state index contributed by atoms with van der Waals surface area (Å²) in [6.45, 7) is 3.36. The van der Waals surface area contributed by atoms with Crippen molar-refractivity contribution < 1.29 is 0 Å². The smallest absolute Gasteiger partial charge is 0.265 e. The standard InChI is InChI=1S/C18H21N5O/c24-18-16-12-23(11-15-7-3-1-4-8-15)20-17(16)19-13-22(18)14-21-9-5-2-6-10-21/h1,3-4,7-8,12-13H,2,5-6,9-11,14H2. The zero-order chi connectivity index (χ0) is 16.4. The lowest BCUT2D eigenvalue weighted by Crippen LogP contribution is -2.35. The van der Waals surface area contributed by atoms with Crippen LogP contribution in [0.25, 0.3) is 11.0 Å². The number of piperidine rings is 1. The van der Waals surface area contributed by atoms with Gasteiger partial charge in [0.1, 0.15) is 11.7 Å². The monoisotopic (exact) mass is 323 g/mol. The highest BCUT2D eigenvalue weighted by Gasteiger charge is 2.13. The lowest BCUT2D eigenvalue weighted by atomic mass is 10.1. The van der Waals surface area contributed by atoms with E-state index in [-0.39, 0.29) is 5.56 Å². The molecule has 6 nitrogen and oxygen atoms in total. The van der Waals surface area contributed by atoms with Gasteiger partial charge in [-0.05, 0) is 31.5 Å². The quantitative estimate of drug-likeness (QED) is 0.738. The number of benzene rings is 1. The van der Waals surface area contributed by atoms with Gasteiger partial charge in [-0.3, -0.25) is 18.9 Å². The van der Waals surface area contributed by atoms with E-state index in [4.69, 9.17) is 0 Å². The van der Waals surface area contributed by atoms with Gasteiger partial charge in [-0.2, -0.15) is 5.10 Å². The van der Waals surface area contributed by atoms with Crippen LogP contribution in [0.5, 0.6) is 0 Å². The number of rotatable bonds is 4. The van der Waals surface area contributed by atoms with E-state index in [2.05, 4.69) is 27.1 Å². The van der Waals surface area contributed by atoms with Crippen molar-refractivity contribution >= 4 is 11.0 Å². The normalized spacial score (nSPS) is 15.8. The lowest BCUT2D eigenvalue weighted by molar-refractivity contribution is 0.179. The van der Waals surface area contributed by atoms with Crippen molar-refractivity contribution in [2.24, 2.45) is 0 Å². The van der Waals surface area contributed by atoms with Gasteiger partial charge in [0.05, 0.1) is 13.2 Å². The minimum Gasteiger partial charge on any atom is -0.286 e. The van der Waals surface area contributed by atoms with Crippen LogP contribution in [-0.4, -0.2) is 37.3 Å². The highest BCUT2D eigenvalue weighted by molar-refractivity contribution is 5.72. The van der Waals surface area contributed by atoms with Gasteiger partial charge in [-0.1, -0.05) is 36.8 Å². The maximum absolute atomic E-state index is 12.7. The summed E-state index contributed by atoms with van der Waals surface area (Å²) < 4.78 is 3.49. The van der Waals surface area contributed by atoms with Crippen LogP contribution in [0.4, 0.5) is 0 Å². The first-order valence-corrected chi connectivity index (χ1v) is 8.48. The molecule has 24 heavy (non-hydrogen) atoms. The van der Waals surface area contributed by atoms with Crippen molar-refractivity contribution in [2.45, 2.75) is 32.5 Å². The van der Waals surface area contributed by atoms with Crippen molar-refractivity contribution in [3.63, 3.8) is 0 Å². The molecule has 2 aromatic heterocycles. The van der Waals surface area contributed by atoms with Crippen LogP contribution in [0.2, 0.25) is 0 Å². The molecule has 1 aliphatic heterocycles. The third-order valence-corrected chi connectivity index (χ3v) is 4.54. The minimum absolute atomic E-state index is 0.00937. The number of fused-ring (bicyclic) bond motifs is 1. The summed E-state index contributed by atoms with van der Waals surface area (Å²) in [5, 5.41) is 5.02. The Morgan fingerprint density at radius 2 is 1.83 bits per heavy atom. The SMILES string of the molecule is O=c1c2cn(Cc3ccccc3)nc2ncn1CN1CCCCC1. The Labute approximate surface area is 140 Å². The molecule has 124 valence electrons. The van der Waals surface area contributed by atoms with Crippen LogP contribution in [0.3, 0.4) is 0 Å². The Morgan fingerprint density at radius 1 is 1.04 bits per heavy atom. The average Bonchev–Trinajstić information content (AvgIpc) is 3.03. The fourth-order valence-electron chi connectivity index (χ4n) is 3.26. The molecule has 0 atom stereocenters. The third-order valence-electron chi connectivity index (χ3n) is 4.54. The second-order valence-electron chi connectivity index (χ2n) is 6.39. The molecule has 1 saturated heterocycles. The Bertz CT molecular complexity index is 877. The molecule has 0 spiro atoms. The summed E-state index contributed by atoms with van der Waals surface area (Å²) in [4.78, 5) is 19.4. The number of likely N-dealkylation sites (tertiary alicyclic amines) is 1. The third kappa shape index (κ3) is 3.10. The molecule has 1 aromatic carbocycles. The average molecular weight is 323 g/mol. The van der Waals surface area contributed by atoms with E-state index in [0.717, 1.165) is 18.7 Å². The van der Waals surface area contributed by atoms with Crippen molar-refractivity contribution in [2.75, 3.05) is 13.1 Å². The molecule has 1 fully saturated rings. The Morgan fingerprint density at radius 3 is 2.62 bits per heavy atom. The van der Waals surface area contributed by atoms with Crippen LogP contribution < -0.4 is 5.56 Å². The Kier molecular flexibility index (Phi) is 4.13. The van der Waals surface area contributed by atoms with Gasteiger partial charge in [-0.15, -0.1) is 0 Å². The summed E-state index contributed by atoms with van der Waals surface area (Å²) >= 11 is 0. The second-order valence-corrected chi connectivity index (χ2v) is 6.39. The van der Waals surface area contributed by atoms with E-state index in [9.17, 15) is 4.79 Å². The van der Waals surface area contributed by atoms with E-state index in [1.165, 1.54) is 19.3 Å². The molecule has 6 heteroatoms. The predicted molar refractivity (Wildman–Crippen MR) is 92.8 cm³/mol. The zero-order valence-electron chi connectivity index (χ0n) is 13.6. The first kappa shape index (κ1) is 15.1. The van der Waals surface area contributed by atoms with Crippen molar-refractivity contribution in [1.29, 1.82) is 0 Å². The van der Waals surface area contributed by atoms with Gasteiger partial charge >= 0.3 is 0 Å². The fourth-order valence-corrected chi connectivity index (χ4v) is 3.26. The molecule has 3 aromatic rings. The van der Waals surface area contributed by atoms with E-state index in [1.807, 2.05) is 24.4 Å². The molecule has 0 aliphatic carbocycles. The van der Waals surface area contributed by atoms with E-state index < -0.39 is 0 Å². The molecule has 4 rings (SSSR count). The van der Waals surface area contributed by atoms with Crippen molar-refractivity contribution in [3.8, 4) is 0 Å². The highest BCUT2D eigenvalue weighted by atomic mass is 16.1. The van der Waals surface area contributed by atoms with Crippen molar-refractivity contribution in [3.05, 3.63) is 58.8 Å². The molecular weight excluding hydrogens is 302 g/mol. The van der Waals surface area contributed by atoms with Gasteiger partial charge in [0, 0.05) is 6.20 Å². The fraction of sp³-hybridized carbons (Fsp3) is 0.389. The lowest BCUT2D eigenvalue weighted by Gasteiger charge is -2.26. The van der Waals surface area contributed by atoms with Gasteiger partial charge < -0.3 is 0 Å². The van der Waals surface area contributed by atoms with E-state index in [0.29, 0.717) is 24.2 Å². The summed E-state index contributed by atoms with van der Waals surface area (Å²) in [6, 6.07) is 10.1. The predicted octanol–water partition coefficient (Wildman–Crippen LogP) is 2.08. The second kappa shape index (κ2) is 6.57. The van der Waals surface area contributed by atoms with Crippen LogP contribution in [0.1, 0.15) is 24.8 Å². The first-order valence-electron chi connectivity index (χ1n) is 8.48. The molecule has 0 N–H and O–H groups in total. The van der Waals surface area contributed by atoms with Gasteiger partial charge in [-0.25, -0.2) is 4.98 Å². The van der Waals surface area contributed by atoms with E-state index in [1.54, 1.807) is 15.6 Å². The molecular formula is C18H21N5O. The summed E-state index contributed by atoms with van der Waals surface area (Å²) in [6.07, 6.45) is 7.14. The van der Waals surface area contributed by atoms with Crippen LogP contribution in [-0.2, 0) is 13.2 Å². The van der Waals surface area contributed by atoms with Gasteiger partial charge in [0.15, 0.2) is 5.65 Å². The van der Waals surface area contributed by atoms with E-state index >= 15 is 0 Å². The Hall–Kier alpha value is -2.47. The molecule has 0 unspecified atom stereocenters. The summed E-state index contributed by atoms with van der Waals surface area (Å²) in [7, 11) is 0. The molecule has 0 radical (unpaired) electrons. The number of hydrogen-bond donors (Lipinski definition) is 0. The topological polar surface area (TPSA) is 56.0 Å². The number of hydrogen-bond acceptors (Lipinski definition) is 4. The van der Waals surface area contributed by atoms with Gasteiger partial charge in [0.25, 0.3) is 5.56 Å². The highest BCUT2D eigenvalue weighted by Crippen LogP contribution is 2.10. The van der Waals surface area contributed by atoms with Gasteiger partial charge in [0.2, 0.25) is 0 Å². The minimum atomic E-state index is -0.00937. The summed E-state index contributed by atoms with van der Waals surface area (Å²) in [5.74, 6) is 0. The molecule has 1 aliphatic rings. The summed E-state index contributed by atoms with van der Waals surface area (Å²) in [5.41, 5.74) is 1.66. The maximum Gasteiger partial charge on any atom is 0.265 e. The van der Waals surface area contributed by atoms with Crippen molar-refractivity contribution in [1.82, 2.24) is 24.2 Å². The molecule has 3 heterocycles. The maximum atomic E-state index is 12.7. The number of nitrogens with zero attached hydrogens (tertiary/aromatic N) is 5. The molecule has 0 amide bonds. The number of aromatic nitrogens is 4. The molecule has 0 bridgehead atoms. The van der Waals surface area contributed by atoms with Crippen LogP contribution in [0.15, 0.2) is 47.7 Å². The molecule has 0 saturated carbocycles. The zero-order valence-corrected chi connectivity index (χ0v) is 13.6. The largest absolute Gasteiger partial charge is 0.286 e. The first-order chi connectivity index (χ1) is 11.8. The Balaban J connectivity index is 1.60.